The van der Waals surface area contributed by atoms with Crippen LogP contribution in [0.5, 0.6) is 5.75 Å². The quantitative estimate of drug-likeness (QED) is 0.764. The van der Waals surface area contributed by atoms with Crippen molar-refractivity contribution < 1.29 is 19.1 Å². The summed E-state index contributed by atoms with van der Waals surface area (Å²) in [6, 6.07) is 9.21. The molecule has 0 spiro atoms. The van der Waals surface area contributed by atoms with Crippen LogP contribution in [0.15, 0.2) is 30.3 Å². The maximum Gasteiger partial charge on any atom is 0.289 e. The molecule has 0 N–H and O–H groups in total. The molecule has 0 radical (unpaired) electrons. The van der Waals surface area contributed by atoms with E-state index in [9.17, 15) is 14.4 Å². The molecule has 3 amide bonds. The van der Waals surface area contributed by atoms with Crippen LogP contribution in [-0.2, 0) is 11.8 Å². The molecule has 0 saturated carbocycles. The second-order valence-corrected chi connectivity index (χ2v) is 8.04. The fourth-order valence-corrected chi connectivity index (χ4v) is 4.57. The summed E-state index contributed by atoms with van der Waals surface area (Å²) in [6.07, 6.45) is 1.20. The van der Waals surface area contributed by atoms with Crippen LogP contribution < -0.4 is 4.74 Å². The van der Waals surface area contributed by atoms with Crippen LogP contribution in [-0.4, -0.2) is 68.6 Å². The number of rotatable bonds is 4. The third-order valence-corrected chi connectivity index (χ3v) is 6.20. The van der Waals surface area contributed by atoms with E-state index in [1.807, 2.05) is 24.3 Å². The Morgan fingerprint density at radius 2 is 1.97 bits per heavy atom. The van der Waals surface area contributed by atoms with Crippen LogP contribution in [0.25, 0.3) is 11.3 Å². The zero-order valence-corrected chi connectivity index (χ0v) is 17.1. The van der Waals surface area contributed by atoms with Gasteiger partial charge < -0.3 is 9.64 Å². The molecule has 1 aromatic heterocycles. The molecule has 2 aliphatic rings. The van der Waals surface area contributed by atoms with Gasteiger partial charge in [-0.1, -0.05) is 23.9 Å². The number of carbonyl (C=O) groups excluding carboxylic acids is 3. The number of carbonyl (C=O) groups is 3. The lowest BCUT2D eigenvalue weighted by Gasteiger charge is -2.35. The van der Waals surface area contributed by atoms with Gasteiger partial charge in [0.05, 0.1) is 18.6 Å². The smallest absolute Gasteiger partial charge is 0.289 e. The summed E-state index contributed by atoms with van der Waals surface area (Å²) in [5.41, 5.74) is 2.08. The predicted octanol–water partition coefficient (Wildman–Crippen LogP) is 2.40. The standard InChI is InChI=1S/C20H22N4O4S/c1-22-17(11-16(21-22)13-4-3-5-15(10-13)28-2)19(26)23-8-6-14(7-9-23)24-18(25)12-29-20(24)27/h3-5,10-11,14H,6-9,12H2,1-2H3. The lowest BCUT2D eigenvalue weighted by atomic mass is 10.0. The van der Waals surface area contributed by atoms with Crippen molar-refractivity contribution in [3.05, 3.63) is 36.0 Å². The van der Waals surface area contributed by atoms with Gasteiger partial charge in [0, 0.05) is 31.7 Å². The molecular weight excluding hydrogens is 392 g/mol. The first-order valence-electron chi connectivity index (χ1n) is 9.44. The molecule has 0 bridgehead atoms. The maximum atomic E-state index is 13.0. The highest BCUT2D eigenvalue weighted by atomic mass is 32.2. The Balaban J connectivity index is 1.46. The Morgan fingerprint density at radius 1 is 1.21 bits per heavy atom. The molecule has 0 unspecified atom stereocenters. The van der Waals surface area contributed by atoms with Gasteiger partial charge in [0.2, 0.25) is 5.91 Å². The Labute approximate surface area is 172 Å². The summed E-state index contributed by atoms with van der Waals surface area (Å²) < 4.78 is 6.85. The van der Waals surface area contributed by atoms with Crippen molar-refractivity contribution in [2.45, 2.75) is 18.9 Å². The summed E-state index contributed by atoms with van der Waals surface area (Å²) in [6.45, 7) is 1.01. The number of nitrogens with zero attached hydrogens (tertiary/aromatic N) is 4. The number of methoxy groups -OCH3 is 1. The number of piperidine rings is 1. The zero-order chi connectivity index (χ0) is 20.5. The van der Waals surface area contributed by atoms with E-state index in [4.69, 9.17) is 4.74 Å². The number of hydrogen-bond donors (Lipinski definition) is 0. The van der Waals surface area contributed by atoms with E-state index in [1.54, 1.807) is 29.8 Å². The van der Waals surface area contributed by atoms with E-state index in [1.165, 1.54) is 4.90 Å². The fraction of sp³-hybridized carbons (Fsp3) is 0.400. The minimum absolute atomic E-state index is 0.0963. The van der Waals surface area contributed by atoms with Gasteiger partial charge in [0.25, 0.3) is 11.1 Å². The topological polar surface area (TPSA) is 84.7 Å². The summed E-state index contributed by atoms with van der Waals surface area (Å²) in [4.78, 5) is 40.0. The maximum absolute atomic E-state index is 13.0. The molecule has 29 heavy (non-hydrogen) atoms. The zero-order valence-electron chi connectivity index (χ0n) is 16.3. The highest BCUT2D eigenvalue weighted by Gasteiger charge is 2.38. The van der Waals surface area contributed by atoms with Crippen LogP contribution in [0.2, 0.25) is 0 Å². The average Bonchev–Trinajstić information content (AvgIpc) is 3.29. The normalized spacial score (nSPS) is 17.9. The molecule has 2 fully saturated rings. The summed E-state index contributed by atoms with van der Waals surface area (Å²) in [7, 11) is 3.36. The summed E-state index contributed by atoms with van der Waals surface area (Å²) in [5.74, 6) is 0.729. The van der Waals surface area contributed by atoms with Gasteiger partial charge in [-0.15, -0.1) is 0 Å². The molecule has 9 heteroatoms. The summed E-state index contributed by atoms with van der Waals surface area (Å²) in [5, 5.41) is 4.31. The van der Waals surface area contributed by atoms with Gasteiger partial charge >= 0.3 is 0 Å². The number of aryl methyl sites for hydroxylation is 1. The first kappa shape index (κ1) is 19.5. The highest BCUT2D eigenvalue weighted by Crippen LogP contribution is 2.28. The average molecular weight is 414 g/mol. The molecule has 2 aromatic rings. The van der Waals surface area contributed by atoms with E-state index in [-0.39, 0.29) is 28.8 Å². The number of hydrogen-bond acceptors (Lipinski definition) is 6. The minimum Gasteiger partial charge on any atom is -0.497 e. The predicted molar refractivity (Wildman–Crippen MR) is 109 cm³/mol. The van der Waals surface area contributed by atoms with Crippen LogP contribution >= 0.6 is 11.8 Å². The van der Waals surface area contributed by atoms with Gasteiger partial charge in [0.15, 0.2) is 0 Å². The van der Waals surface area contributed by atoms with E-state index in [0.717, 1.165) is 23.1 Å². The number of likely N-dealkylation sites (tertiary alicyclic amines) is 1. The Hall–Kier alpha value is -2.81. The second kappa shape index (κ2) is 7.90. The van der Waals surface area contributed by atoms with E-state index < -0.39 is 0 Å². The van der Waals surface area contributed by atoms with Gasteiger partial charge in [-0.05, 0) is 31.0 Å². The molecule has 3 heterocycles. The Bertz CT molecular complexity index is 949. The SMILES string of the molecule is COc1cccc(-c2cc(C(=O)N3CCC(N4C(=O)CSC4=O)CC3)n(C)n2)c1. The number of benzene rings is 1. The number of ether oxygens (including phenoxy) is 1. The molecular formula is C20H22N4O4S. The van der Waals surface area contributed by atoms with Crippen molar-refractivity contribution in [3.8, 4) is 17.0 Å². The number of thioether (sulfide) groups is 1. The Morgan fingerprint density at radius 3 is 2.62 bits per heavy atom. The van der Waals surface area contributed by atoms with E-state index in [2.05, 4.69) is 5.10 Å². The van der Waals surface area contributed by atoms with Crippen molar-refractivity contribution in [2.24, 2.45) is 7.05 Å². The molecule has 4 rings (SSSR count). The van der Waals surface area contributed by atoms with E-state index in [0.29, 0.717) is 37.3 Å². The van der Waals surface area contributed by atoms with Crippen molar-refractivity contribution in [1.29, 1.82) is 0 Å². The summed E-state index contributed by atoms with van der Waals surface area (Å²) >= 11 is 1.05. The molecule has 8 nitrogen and oxygen atoms in total. The number of amides is 3. The van der Waals surface area contributed by atoms with Crippen LogP contribution in [0.1, 0.15) is 23.3 Å². The molecule has 2 aliphatic heterocycles. The monoisotopic (exact) mass is 414 g/mol. The lowest BCUT2D eigenvalue weighted by Crippen LogP contribution is -2.48. The van der Waals surface area contributed by atoms with Crippen molar-refractivity contribution in [3.63, 3.8) is 0 Å². The number of imide groups is 1. The first-order valence-corrected chi connectivity index (χ1v) is 10.4. The first-order chi connectivity index (χ1) is 14.0. The van der Waals surface area contributed by atoms with Crippen LogP contribution in [0.3, 0.4) is 0 Å². The Kier molecular flexibility index (Phi) is 5.31. The molecule has 0 aliphatic carbocycles. The van der Waals surface area contributed by atoms with Crippen molar-refractivity contribution in [2.75, 3.05) is 26.0 Å². The minimum atomic E-state index is -0.172. The molecule has 1 aromatic carbocycles. The lowest BCUT2D eigenvalue weighted by molar-refractivity contribution is -0.126. The number of aromatic nitrogens is 2. The van der Waals surface area contributed by atoms with Crippen molar-refractivity contribution in [1.82, 2.24) is 19.6 Å². The third-order valence-electron chi connectivity index (χ3n) is 5.37. The third kappa shape index (κ3) is 3.74. The molecule has 2 saturated heterocycles. The molecule has 152 valence electrons. The van der Waals surface area contributed by atoms with E-state index >= 15 is 0 Å². The van der Waals surface area contributed by atoms with Gasteiger partial charge in [-0.3, -0.25) is 24.0 Å². The van der Waals surface area contributed by atoms with Crippen LogP contribution in [0, 0.1) is 0 Å². The second-order valence-electron chi connectivity index (χ2n) is 7.11. The van der Waals surface area contributed by atoms with Gasteiger partial charge in [-0.2, -0.15) is 5.10 Å². The van der Waals surface area contributed by atoms with Crippen LogP contribution in [0.4, 0.5) is 4.79 Å². The largest absolute Gasteiger partial charge is 0.497 e. The fourth-order valence-electron chi connectivity index (χ4n) is 3.80. The van der Waals surface area contributed by atoms with Gasteiger partial charge in [0.1, 0.15) is 11.4 Å². The van der Waals surface area contributed by atoms with Gasteiger partial charge in [-0.25, -0.2) is 0 Å². The van der Waals surface area contributed by atoms with Crippen molar-refractivity contribution >= 4 is 28.8 Å². The highest BCUT2D eigenvalue weighted by molar-refractivity contribution is 8.14. The molecule has 0 atom stereocenters.